The van der Waals surface area contributed by atoms with Crippen LogP contribution in [0.25, 0.3) is 0 Å². The second-order valence-corrected chi connectivity index (χ2v) is 6.21. The first-order chi connectivity index (χ1) is 13.0. The highest BCUT2D eigenvalue weighted by Crippen LogP contribution is 2.11. The summed E-state index contributed by atoms with van der Waals surface area (Å²) in [5, 5.41) is 7.34. The van der Waals surface area contributed by atoms with Crippen molar-refractivity contribution in [3.05, 3.63) is 71.3 Å². The summed E-state index contributed by atoms with van der Waals surface area (Å²) in [5.41, 5.74) is 2.38. The number of hydrogen-bond donors (Lipinski definition) is 4. The predicted octanol–water partition coefficient (Wildman–Crippen LogP) is 0.258. The van der Waals surface area contributed by atoms with Crippen LogP contribution in [0.4, 0.5) is 4.79 Å². The summed E-state index contributed by atoms with van der Waals surface area (Å²) in [6.45, 7) is 0.550. The molecule has 0 heterocycles. The molecule has 0 aliphatic heterocycles. The molecule has 0 fully saturated rings. The van der Waals surface area contributed by atoms with E-state index < -0.39 is 12.1 Å². The van der Waals surface area contributed by atoms with Crippen molar-refractivity contribution in [3.8, 4) is 0 Å². The lowest BCUT2D eigenvalue weighted by molar-refractivity contribution is -0.916. The van der Waals surface area contributed by atoms with Gasteiger partial charge in [0.15, 0.2) is 6.04 Å². The van der Waals surface area contributed by atoms with Gasteiger partial charge in [-0.2, -0.15) is 0 Å². The van der Waals surface area contributed by atoms with E-state index in [0.717, 1.165) is 16.0 Å². The van der Waals surface area contributed by atoms with Crippen molar-refractivity contribution in [2.24, 2.45) is 0 Å². The number of nitrogens with one attached hydrogen (secondary N) is 4. The van der Waals surface area contributed by atoms with Crippen molar-refractivity contribution in [1.82, 2.24) is 16.0 Å². The number of hydrogen-bond acceptors (Lipinski definition) is 3. The molecule has 0 saturated carbocycles. The van der Waals surface area contributed by atoms with Crippen LogP contribution in [-0.2, 0) is 11.3 Å². The van der Waals surface area contributed by atoms with Crippen LogP contribution in [0.2, 0.25) is 0 Å². The maximum atomic E-state index is 12.7. The summed E-state index contributed by atoms with van der Waals surface area (Å²) in [6.07, 6.45) is 0. The summed E-state index contributed by atoms with van der Waals surface area (Å²) in [7, 11) is 4.95. The zero-order chi connectivity index (χ0) is 19.8. The van der Waals surface area contributed by atoms with Crippen LogP contribution in [-0.4, -0.2) is 39.0 Å². The minimum Gasteiger partial charge on any atom is -0.355 e. The Hall–Kier alpha value is -3.19. The molecule has 7 nitrogen and oxygen atoms in total. The summed E-state index contributed by atoms with van der Waals surface area (Å²) < 4.78 is 0. The van der Waals surface area contributed by atoms with E-state index in [1.54, 1.807) is 19.2 Å². The summed E-state index contributed by atoms with van der Waals surface area (Å²) in [6, 6.07) is 15.5. The highest BCUT2D eigenvalue weighted by molar-refractivity contribution is 5.96. The van der Waals surface area contributed by atoms with Gasteiger partial charge in [0.1, 0.15) is 6.54 Å². The number of carbonyl (C=O) groups excluding carboxylic acids is 3. The van der Waals surface area contributed by atoms with Crippen LogP contribution in [0.1, 0.15) is 27.5 Å². The van der Waals surface area contributed by atoms with Crippen molar-refractivity contribution in [3.63, 3.8) is 0 Å². The molecule has 7 heteroatoms. The lowest BCUT2D eigenvalue weighted by Crippen LogP contribution is -3.09. The van der Waals surface area contributed by atoms with Gasteiger partial charge >= 0.3 is 6.03 Å². The Kier molecular flexibility index (Phi) is 7.08. The smallest absolute Gasteiger partial charge is 0.321 e. The van der Waals surface area contributed by atoms with Crippen LogP contribution in [0, 0.1) is 0 Å². The fourth-order valence-electron chi connectivity index (χ4n) is 2.89. The largest absolute Gasteiger partial charge is 0.355 e. The molecule has 0 spiro atoms. The number of amides is 4. The standard InChI is InChI=1S/C20H24N4O3/c1-21-18(25)16-11-9-14(10-12-16)13-24(3)17(15-7-5-4-6-8-15)19(26)23-20(27)22-2/h4-12,17H,13H2,1-3H3,(H,21,25)(H2,22,23,26,27)/p+1/t17-/m0/s1. The van der Waals surface area contributed by atoms with Gasteiger partial charge in [0, 0.05) is 30.8 Å². The van der Waals surface area contributed by atoms with Gasteiger partial charge < -0.3 is 15.5 Å². The van der Waals surface area contributed by atoms with E-state index in [2.05, 4.69) is 16.0 Å². The summed E-state index contributed by atoms with van der Waals surface area (Å²) in [4.78, 5) is 36.8. The van der Waals surface area contributed by atoms with E-state index in [1.165, 1.54) is 7.05 Å². The van der Waals surface area contributed by atoms with Gasteiger partial charge in [-0.15, -0.1) is 0 Å². The van der Waals surface area contributed by atoms with Crippen LogP contribution in [0.3, 0.4) is 0 Å². The molecule has 0 saturated heterocycles. The fourth-order valence-corrected chi connectivity index (χ4v) is 2.89. The third-order valence-electron chi connectivity index (χ3n) is 4.28. The molecule has 142 valence electrons. The van der Waals surface area contributed by atoms with Crippen molar-refractivity contribution in [2.75, 3.05) is 21.1 Å². The number of urea groups is 1. The van der Waals surface area contributed by atoms with Gasteiger partial charge in [-0.3, -0.25) is 14.9 Å². The second-order valence-electron chi connectivity index (χ2n) is 6.21. The van der Waals surface area contributed by atoms with Crippen molar-refractivity contribution in [2.45, 2.75) is 12.6 Å². The minimum absolute atomic E-state index is 0.144. The van der Waals surface area contributed by atoms with E-state index >= 15 is 0 Å². The Balaban J connectivity index is 2.20. The first-order valence-corrected chi connectivity index (χ1v) is 8.67. The van der Waals surface area contributed by atoms with E-state index in [1.807, 2.05) is 49.5 Å². The molecule has 2 aromatic rings. The molecule has 0 aliphatic carbocycles. The molecule has 0 bridgehead atoms. The number of carbonyl (C=O) groups is 3. The highest BCUT2D eigenvalue weighted by Gasteiger charge is 2.30. The fraction of sp³-hybridized carbons (Fsp3) is 0.250. The number of likely N-dealkylation sites (N-methyl/N-ethyl adjacent to an activating group) is 1. The number of benzene rings is 2. The van der Waals surface area contributed by atoms with E-state index in [-0.39, 0.29) is 11.8 Å². The molecular formula is C20H25N4O3+. The quantitative estimate of drug-likeness (QED) is 0.589. The van der Waals surface area contributed by atoms with Gasteiger partial charge in [-0.1, -0.05) is 42.5 Å². The Bertz CT molecular complexity index is 791. The maximum absolute atomic E-state index is 12.7. The first-order valence-electron chi connectivity index (χ1n) is 8.67. The first kappa shape index (κ1) is 20.1. The topological polar surface area (TPSA) is 91.7 Å². The zero-order valence-electron chi connectivity index (χ0n) is 15.7. The van der Waals surface area contributed by atoms with E-state index in [9.17, 15) is 14.4 Å². The van der Waals surface area contributed by atoms with Gasteiger partial charge in [-0.05, 0) is 12.1 Å². The molecule has 2 atom stereocenters. The van der Waals surface area contributed by atoms with Crippen molar-refractivity contribution in [1.29, 1.82) is 0 Å². The molecule has 1 unspecified atom stereocenters. The monoisotopic (exact) mass is 369 g/mol. The Morgan fingerprint density at radius 2 is 1.56 bits per heavy atom. The predicted molar refractivity (Wildman–Crippen MR) is 102 cm³/mol. The van der Waals surface area contributed by atoms with Gasteiger partial charge in [0.05, 0.1) is 7.05 Å². The molecule has 2 aromatic carbocycles. The van der Waals surface area contributed by atoms with Crippen LogP contribution in [0.15, 0.2) is 54.6 Å². The highest BCUT2D eigenvalue weighted by atomic mass is 16.2. The number of quaternary nitrogens is 1. The van der Waals surface area contributed by atoms with Crippen LogP contribution < -0.4 is 20.9 Å². The molecule has 0 radical (unpaired) electrons. The van der Waals surface area contributed by atoms with Crippen molar-refractivity contribution >= 4 is 17.8 Å². The number of rotatable bonds is 6. The minimum atomic E-state index is -0.554. The lowest BCUT2D eigenvalue weighted by Gasteiger charge is -2.24. The molecule has 2 rings (SSSR count). The maximum Gasteiger partial charge on any atom is 0.321 e. The third kappa shape index (κ3) is 5.39. The van der Waals surface area contributed by atoms with Gasteiger partial charge in [0.2, 0.25) is 0 Å². The Morgan fingerprint density at radius 1 is 0.926 bits per heavy atom. The Morgan fingerprint density at radius 3 is 2.11 bits per heavy atom. The van der Waals surface area contributed by atoms with Gasteiger partial charge in [-0.25, -0.2) is 4.79 Å². The van der Waals surface area contributed by atoms with E-state index in [0.29, 0.717) is 12.1 Å². The second kappa shape index (κ2) is 9.49. The van der Waals surface area contributed by atoms with Crippen LogP contribution >= 0.6 is 0 Å². The summed E-state index contributed by atoms with van der Waals surface area (Å²) in [5.74, 6) is -0.519. The molecule has 0 aromatic heterocycles. The lowest BCUT2D eigenvalue weighted by atomic mass is 10.0. The molecule has 0 aliphatic rings. The van der Waals surface area contributed by atoms with Crippen molar-refractivity contribution < 1.29 is 19.3 Å². The zero-order valence-corrected chi connectivity index (χ0v) is 15.7. The molecule has 27 heavy (non-hydrogen) atoms. The Labute approximate surface area is 158 Å². The normalized spacial score (nSPS) is 12.6. The van der Waals surface area contributed by atoms with Gasteiger partial charge in [0.25, 0.3) is 11.8 Å². The molecular weight excluding hydrogens is 344 g/mol. The summed E-state index contributed by atoms with van der Waals surface area (Å²) >= 11 is 0. The van der Waals surface area contributed by atoms with E-state index in [4.69, 9.17) is 0 Å². The SMILES string of the molecule is CNC(=O)NC(=O)[C@H](c1ccccc1)[NH+](C)Cc1ccc(C(=O)NC)cc1. The molecule has 4 amide bonds. The average molecular weight is 369 g/mol. The average Bonchev–Trinajstić information content (AvgIpc) is 2.68. The van der Waals surface area contributed by atoms with Crippen LogP contribution in [0.5, 0.6) is 0 Å². The number of imide groups is 1. The third-order valence-corrected chi connectivity index (χ3v) is 4.28. The molecule has 4 N–H and O–H groups in total.